The van der Waals surface area contributed by atoms with E-state index in [9.17, 15) is 13.2 Å². The zero-order valence-corrected chi connectivity index (χ0v) is 23.3. The van der Waals surface area contributed by atoms with E-state index >= 15 is 4.39 Å². The summed E-state index contributed by atoms with van der Waals surface area (Å²) < 4.78 is 40.2. The van der Waals surface area contributed by atoms with Gasteiger partial charge in [0.2, 0.25) is 21.9 Å². The summed E-state index contributed by atoms with van der Waals surface area (Å²) in [4.78, 5) is 27.6. The van der Waals surface area contributed by atoms with Crippen LogP contribution in [0.1, 0.15) is 6.42 Å². The van der Waals surface area contributed by atoms with Crippen molar-refractivity contribution in [3.8, 4) is 11.1 Å². The Bertz CT molecular complexity index is 1600. The standard InChI is InChI=1S/C28H31FN8O3S/c1-41(39,40)37-11-9-36(10-12-37)23-7-6-20(14-22(23)29)33-28-32-16-21(19-3-2-8-31-15-19)27(35-28)34-25-18-5-4-17(13-18)24(25)26(30)38/h2-8,14-18,24-25H,9-13H2,1H3,(H2,30,38)(H2,32,33,34,35)/t17?,18?,24-,25+/m0/s1. The van der Waals surface area contributed by atoms with Crippen LogP contribution < -0.4 is 21.3 Å². The highest BCUT2D eigenvalue weighted by Gasteiger charge is 2.47. The Morgan fingerprint density at radius 3 is 2.56 bits per heavy atom. The van der Waals surface area contributed by atoms with E-state index in [1.54, 1.807) is 30.7 Å². The fourth-order valence-electron chi connectivity index (χ4n) is 6.08. The maximum absolute atomic E-state index is 15.2. The first-order chi connectivity index (χ1) is 19.7. The number of piperazine rings is 1. The number of allylic oxidation sites excluding steroid dienone is 1. The maximum Gasteiger partial charge on any atom is 0.229 e. The van der Waals surface area contributed by atoms with Crippen LogP contribution in [0.4, 0.5) is 27.5 Å². The fraction of sp³-hybridized carbons (Fsp3) is 0.357. The molecule has 41 heavy (non-hydrogen) atoms. The molecule has 1 saturated heterocycles. The number of primary amides is 1. The number of benzene rings is 1. The molecule has 2 fully saturated rings. The molecule has 2 aliphatic carbocycles. The van der Waals surface area contributed by atoms with E-state index in [2.05, 4.69) is 32.8 Å². The van der Waals surface area contributed by atoms with E-state index in [0.29, 0.717) is 48.9 Å². The molecule has 13 heteroatoms. The van der Waals surface area contributed by atoms with Crippen LogP contribution in [-0.2, 0) is 14.8 Å². The van der Waals surface area contributed by atoms with Crippen molar-refractivity contribution in [2.45, 2.75) is 12.5 Å². The van der Waals surface area contributed by atoms with Crippen molar-refractivity contribution in [2.24, 2.45) is 23.5 Å². The van der Waals surface area contributed by atoms with Crippen molar-refractivity contribution in [1.29, 1.82) is 0 Å². The molecule has 0 radical (unpaired) electrons. The lowest BCUT2D eigenvalue weighted by atomic mass is 9.88. The number of halogens is 1. The highest BCUT2D eigenvalue weighted by atomic mass is 32.2. The van der Waals surface area contributed by atoms with Crippen LogP contribution >= 0.6 is 0 Å². The number of pyridine rings is 1. The van der Waals surface area contributed by atoms with Crippen LogP contribution in [0.25, 0.3) is 11.1 Å². The molecule has 6 rings (SSSR count). The Hall–Kier alpha value is -4.10. The number of nitrogens with two attached hydrogens (primary N) is 1. The number of anilines is 4. The zero-order valence-electron chi connectivity index (χ0n) is 22.4. The van der Waals surface area contributed by atoms with Gasteiger partial charge in [-0.05, 0) is 42.5 Å². The van der Waals surface area contributed by atoms with Crippen LogP contribution in [0, 0.1) is 23.6 Å². The molecule has 2 unspecified atom stereocenters. The van der Waals surface area contributed by atoms with Crippen molar-refractivity contribution >= 4 is 39.1 Å². The van der Waals surface area contributed by atoms with Gasteiger partial charge in [-0.2, -0.15) is 9.29 Å². The minimum atomic E-state index is -3.27. The molecule has 3 aromatic rings. The van der Waals surface area contributed by atoms with Crippen molar-refractivity contribution in [3.05, 3.63) is 66.9 Å². The number of nitrogens with zero attached hydrogens (tertiary/aromatic N) is 5. The first kappa shape index (κ1) is 27.1. The van der Waals surface area contributed by atoms with Crippen LogP contribution in [0.3, 0.4) is 0 Å². The topological polar surface area (TPSA) is 146 Å². The summed E-state index contributed by atoms with van der Waals surface area (Å²) in [5.74, 6) is -0.0937. The van der Waals surface area contributed by atoms with E-state index in [4.69, 9.17) is 10.7 Å². The largest absolute Gasteiger partial charge is 0.369 e. The predicted octanol–water partition coefficient (Wildman–Crippen LogP) is 2.59. The van der Waals surface area contributed by atoms with E-state index in [0.717, 1.165) is 12.0 Å². The van der Waals surface area contributed by atoms with Gasteiger partial charge < -0.3 is 21.3 Å². The van der Waals surface area contributed by atoms with Gasteiger partial charge in [-0.25, -0.2) is 17.8 Å². The fourth-order valence-corrected chi connectivity index (χ4v) is 6.91. The molecule has 2 aromatic heterocycles. The minimum Gasteiger partial charge on any atom is -0.369 e. The Morgan fingerprint density at radius 2 is 1.88 bits per heavy atom. The SMILES string of the molecule is CS(=O)(=O)N1CCN(c2ccc(Nc3ncc(-c4cccnc4)c(N[C@@H]4C5C=CC(C5)[C@@H]4C(N)=O)n3)cc2F)CC1. The number of aromatic nitrogens is 3. The van der Waals surface area contributed by atoms with Crippen molar-refractivity contribution in [3.63, 3.8) is 0 Å². The maximum atomic E-state index is 15.2. The summed E-state index contributed by atoms with van der Waals surface area (Å²) in [7, 11) is -3.27. The third kappa shape index (κ3) is 5.46. The second kappa shape index (κ2) is 10.7. The molecule has 1 aliphatic heterocycles. The smallest absolute Gasteiger partial charge is 0.229 e. The molecular weight excluding hydrogens is 547 g/mol. The molecule has 1 aromatic carbocycles. The Labute approximate surface area is 237 Å². The third-order valence-electron chi connectivity index (χ3n) is 8.10. The quantitative estimate of drug-likeness (QED) is 0.343. The number of nitrogens with one attached hydrogen (secondary N) is 2. The van der Waals surface area contributed by atoms with Gasteiger partial charge in [0.1, 0.15) is 11.6 Å². The van der Waals surface area contributed by atoms with Crippen molar-refractivity contribution in [2.75, 3.05) is 48.0 Å². The van der Waals surface area contributed by atoms with Gasteiger partial charge >= 0.3 is 0 Å². The number of carbonyl (C=O) groups is 1. The predicted molar refractivity (Wildman–Crippen MR) is 154 cm³/mol. The van der Waals surface area contributed by atoms with Gasteiger partial charge in [0, 0.05) is 67.6 Å². The average Bonchev–Trinajstić information content (AvgIpc) is 3.56. The van der Waals surface area contributed by atoms with Crippen molar-refractivity contribution in [1.82, 2.24) is 19.3 Å². The summed E-state index contributed by atoms with van der Waals surface area (Å²) in [6, 6.07) is 8.28. The normalized spacial score (nSPS) is 24.0. The Kier molecular flexibility index (Phi) is 7.08. The van der Waals surface area contributed by atoms with Crippen LogP contribution in [0.5, 0.6) is 0 Å². The number of fused-ring (bicyclic) bond motifs is 2. The monoisotopic (exact) mass is 578 g/mol. The van der Waals surface area contributed by atoms with E-state index in [-0.39, 0.29) is 35.7 Å². The first-order valence-corrected chi connectivity index (χ1v) is 15.3. The zero-order chi connectivity index (χ0) is 28.7. The van der Waals surface area contributed by atoms with Gasteiger partial charge in [0.05, 0.1) is 17.9 Å². The Balaban J connectivity index is 1.24. The van der Waals surface area contributed by atoms with Crippen LogP contribution in [0.2, 0.25) is 0 Å². The van der Waals surface area contributed by atoms with Gasteiger partial charge in [0.25, 0.3) is 0 Å². The molecule has 1 amide bonds. The number of sulfonamides is 1. The Morgan fingerprint density at radius 1 is 1.10 bits per heavy atom. The van der Waals surface area contributed by atoms with E-state index < -0.39 is 15.8 Å². The number of amides is 1. The molecule has 4 atom stereocenters. The van der Waals surface area contributed by atoms with Crippen LogP contribution in [0.15, 0.2) is 61.1 Å². The highest BCUT2D eigenvalue weighted by molar-refractivity contribution is 7.88. The highest BCUT2D eigenvalue weighted by Crippen LogP contribution is 2.45. The summed E-state index contributed by atoms with van der Waals surface area (Å²) in [6.07, 6.45) is 11.3. The average molecular weight is 579 g/mol. The summed E-state index contributed by atoms with van der Waals surface area (Å²) in [5, 5.41) is 6.56. The number of hydrogen-bond acceptors (Lipinski definition) is 9. The van der Waals surface area contributed by atoms with E-state index in [1.165, 1.54) is 16.6 Å². The minimum absolute atomic E-state index is 0.104. The molecule has 0 spiro atoms. The molecule has 2 bridgehead atoms. The lowest BCUT2D eigenvalue weighted by Gasteiger charge is -2.34. The lowest BCUT2D eigenvalue weighted by molar-refractivity contribution is -0.122. The number of rotatable bonds is 8. The second-order valence-corrected chi connectivity index (χ2v) is 12.7. The van der Waals surface area contributed by atoms with Gasteiger partial charge in [0.15, 0.2) is 0 Å². The summed E-state index contributed by atoms with van der Waals surface area (Å²) >= 11 is 0. The van der Waals surface area contributed by atoms with Crippen molar-refractivity contribution < 1.29 is 17.6 Å². The first-order valence-electron chi connectivity index (χ1n) is 13.5. The van der Waals surface area contributed by atoms with E-state index in [1.807, 2.05) is 17.0 Å². The molecular formula is C28H31FN8O3S. The van der Waals surface area contributed by atoms with Gasteiger partial charge in [-0.3, -0.25) is 9.78 Å². The van der Waals surface area contributed by atoms with Gasteiger partial charge in [-0.1, -0.05) is 18.2 Å². The number of hydrogen-bond donors (Lipinski definition) is 3. The summed E-state index contributed by atoms with van der Waals surface area (Å²) in [5.41, 5.74) is 8.16. The molecule has 1 saturated carbocycles. The van der Waals surface area contributed by atoms with Gasteiger partial charge in [-0.15, -0.1) is 0 Å². The number of carbonyl (C=O) groups excluding carboxylic acids is 1. The second-order valence-electron chi connectivity index (χ2n) is 10.7. The molecule has 11 nitrogen and oxygen atoms in total. The molecule has 4 N–H and O–H groups in total. The van der Waals surface area contributed by atoms with Crippen LogP contribution in [-0.4, -0.2) is 72.1 Å². The third-order valence-corrected chi connectivity index (χ3v) is 9.41. The molecule has 214 valence electrons. The molecule has 3 aliphatic rings. The lowest BCUT2D eigenvalue weighted by Crippen LogP contribution is -2.48. The summed E-state index contributed by atoms with van der Waals surface area (Å²) in [6.45, 7) is 1.41. The molecule has 3 heterocycles.